The van der Waals surface area contributed by atoms with Crippen molar-refractivity contribution in [2.75, 3.05) is 6.54 Å². The van der Waals surface area contributed by atoms with Crippen molar-refractivity contribution in [3.63, 3.8) is 0 Å². The molecule has 22 heavy (non-hydrogen) atoms. The van der Waals surface area contributed by atoms with Gasteiger partial charge in [-0.3, -0.25) is 14.4 Å². The SMILES string of the molecule is C[C@@H](NC(=O)CCCNC(=O)c1ccc(F)cc1F)C(=O)O. The predicted octanol–water partition coefficient (Wildman–Crippen LogP) is 1.06. The smallest absolute Gasteiger partial charge is 0.325 e. The number of carbonyl (C=O) groups is 3. The Morgan fingerprint density at radius 1 is 1.27 bits per heavy atom. The standard InChI is InChI=1S/C14H16F2N2O4/c1-8(14(21)22)18-12(19)3-2-6-17-13(20)10-5-4-9(15)7-11(10)16/h4-5,7-8H,2-3,6H2,1H3,(H,17,20)(H,18,19)(H,21,22)/t8-/m1/s1. The van der Waals surface area contributed by atoms with E-state index in [4.69, 9.17) is 5.11 Å². The minimum Gasteiger partial charge on any atom is -0.480 e. The molecule has 0 heterocycles. The monoisotopic (exact) mass is 314 g/mol. The van der Waals surface area contributed by atoms with Gasteiger partial charge in [0.15, 0.2) is 0 Å². The van der Waals surface area contributed by atoms with Crippen LogP contribution in [0.3, 0.4) is 0 Å². The van der Waals surface area contributed by atoms with Gasteiger partial charge in [0.25, 0.3) is 5.91 Å². The number of hydrogen-bond acceptors (Lipinski definition) is 3. The Balaban J connectivity index is 2.34. The number of nitrogens with one attached hydrogen (secondary N) is 2. The highest BCUT2D eigenvalue weighted by Crippen LogP contribution is 2.09. The fourth-order valence-electron chi connectivity index (χ4n) is 1.60. The molecule has 0 spiro atoms. The second-order valence-corrected chi connectivity index (χ2v) is 4.61. The molecule has 3 N–H and O–H groups in total. The van der Waals surface area contributed by atoms with Gasteiger partial charge in [0, 0.05) is 19.0 Å². The Kier molecular flexibility index (Phi) is 6.43. The van der Waals surface area contributed by atoms with Crippen LogP contribution in [0.5, 0.6) is 0 Å². The third kappa shape index (κ3) is 5.47. The maximum Gasteiger partial charge on any atom is 0.325 e. The van der Waals surface area contributed by atoms with Gasteiger partial charge >= 0.3 is 5.97 Å². The molecule has 1 rings (SSSR count). The third-order valence-electron chi connectivity index (χ3n) is 2.79. The largest absolute Gasteiger partial charge is 0.480 e. The Labute approximate surface area is 125 Å². The zero-order chi connectivity index (χ0) is 16.7. The van der Waals surface area contributed by atoms with Crippen LogP contribution >= 0.6 is 0 Å². The Bertz CT molecular complexity index is 578. The van der Waals surface area contributed by atoms with Crippen molar-refractivity contribution in [1.29, 1.82) is 0 Å². The molecule has 0 saturated carbocycles. The molecule has 120 valence electrons. The van der Waals surface area contributed by atoms with Gasteiger partial charge in [0.2, 0.25) is 5.91 Å². The van der Waals surface area contributed by atoms with Crippen LogP contribution in [0.15, 0.2) is 18.2 Å². The van der Waals surface area contributed by atoms with Crippen molar-refractivity contribution in [1.82, 2.24) is 10.6 Å². The van der Waals surface area contributed by atoms with Gasteiger partial charge in [-0.1, -0.05) is 0 Å². The van der Waals surface area contributed by atoms with Gasteiger partial charge in [-0.2, -0.15) is 0 Å². The first-order valence-electron chi connectivity index (χ1n) is 6.56. The van der Waals surface area contributed by atoms with E-state index in [0.29, 0.717) is 6.07 Å². The van der Waals surface area contributed by atoms with E-state index in [-0.39, 0.29) is 24.9 Å². The van der Waals surface area contributed by atoms with E-state index < -0.39 is 35.5 Å². The summed E-state index contributed by atoms with van der Waals surface area (Å²) in [6.07, 6.45) is 0.274. The molecule has 8 heteroatoms. The molecule has 0 bridgehead atoms. The van der Waals surface area contributed by atoms with Crippen LogP contribution in [0.25, 0.3) is 0 Å². The van der Waals surface area contributed by atoms with Crippen LogP contribution in [0.2, 0.25) is 0 Å². The number of rotatable bonds is 7. The minimum atomic E-state index is -1.14. The number of carboxylic acid groups (broad SMARTS) is 1. The second kappa shape index (κ2) is 8.06. The number of amides is 2. The van der Waals surface area contributed by atoms with Crippen LogP contribution in [0.4, 0.5) is 8.78 Å². The van der Waals surface area contributed by atoms with E-state index in [1.54, 1.807) is 0 Å². The quantitative estimate of drug-likeness (QED) is 0.656. The number of carbonyl (C=O) groups excluding carboxylic acids is 2. The van der Waals surface area contributed by atoms with E-state index >= 15 is 0 Å². The minimum absolute atomic E-state index is 0.0177. The van der Waals surface area contributed by atoms with Crippen molar-refractivity contribution in [2.24, 2.45) is 0 Å². The van der Waals surface area contributed by atoms with Crippen molar-refractivity contribution in [3.05, 3.63) is 35.4 Å². The molecule has 0 radical (unpaired) electrons. The first kappa shape index (κ1) is 17.5. The van der Waals surface area contributed by atoms with Crippen molar-refractivity contribution >= 4 is 17.8 Å². The average Bonchev–Trinajstić information content (AvgIpc) is 2.43. The van der Waals surface area contributed by atoms with Crippen LogP contribution in [0.1, 0.15) is 30.1 Å². The lowest BCUT2D eigenvalue weighted by atomic mass is 10.2. The van der Waals surface area contributed by atoms with Crippen LogP contribution < -0.4 is 10.6 Å². The lowest BCUT2D eigenvalue weighted by Crippen LogP contribution is -2.38. The average molecular weight is 314 g/mol. The van der Waals surface area contributed by atoms with Gasteiger partial charge in [-0.25, -0.2) is 8.78 Å². The summed E-state index contributed by atoms with van der Waals surface area (Å²) in [5.41, 5.74) is -0.287. The highest BCUT2D eigenvalue weighted by molar-refractivity contribution is 5.94. The fraction of sp³-hybridized carbons (Fsp3) is 0.357. The van der Waals surface area contributed by atoms with Gasteiger partial charge in [-0.05, 0) is 25.5 Å². The summed E-state index contributed by atoms with van der Waals surface area (Å²) in [6.45, 7) is 1.43. The summed E-state index contributed by atoms with van der Waals surface area (Å²) in [6, 6.07) is 1.62. The third-order valence-corrected chi connectivity index (χ3v) is 2.79. The maximum absolute atomic E-state index is 13.3. The summed E-state index contributed by atoms with van der Waals surface area (Å²) in [7, 11) is 0. The van der Waals surface area contributed by atoms with Gasteiger partial charge < -0.3 is 15.7 Å². The van der Waals surface area contributed by atoms with Gasteiger partial charge in [0.05, 0.1) is 5.56 Å². The lowest BCUT2D eigenvalue weighted by molar-refractivity contribution is -0.141. The number of carboxylic acids is 1. The first-order chi connectivity index (χ1) is 10.3. The number of aliphatic carboxylic acids is 1. The molecule has 6 nitrogen and oxygen atoms in total. The normalized spacial score (nSPS) is 11.6. The zero-order valence-corrected chi connectivity index (χ0v) is 11.9. The summed E-state index contributed by atoms with van der Waals surface area (Å²) in [5, 5.41) is 13.3. The lowest BCUT2D eigenvalue weighted by Gasteiger charge is -2.09. The molecular weight excluding hydrogens is 298 g/mol. The van der Waals surface area contributed by atoms with E-state index in [0.717, 1.165) is 12.1 Å². The van der Waals surface area contributed by atoms with E-state index in [9.17, 15) is 23.2 Å². The molecule has 0 aromatic heterocycles. The van der Waals surface area contributed by atoms with Crippen molar-refractivity contribution in [2.45, 2.75) is 25.8 Å². The molecular formula is C14H16F2N2O4. The van der Waals surface area contributed by atoms with E-state index in [1.165, 1.54) is 6.92 Å². The molecule has 1 atom stereocenters. The van der Waals surface area contributed by atoms with Gasteiger partial charge in [-0.15, -0.1) is 0 Å². The number of hydrogen-bond donors (Lipinski definition) is 3. The van der Waals surface area contributed by atoms with E-state index in [2.05, 4.69) is 10.6 Å². The second-order valence-electron chi connectivity index (χ2n) is 4.61. The molecule has 0 aliphatic heterocycles. The first-order valence-corrected chi connectivity index (χ1v) is 6.56. The van der Waals surface area contributed by atoms with Crippen molar-refractivity contribution < 1.29 is 28.3 Å². The highest BCUT2D eigenvalue weighted by atomic mass is 19.1. The van der Waals surface area contributed by atoms with Crippen LogP contribution in [0, 0.1) is 11.6 Å². The molecule has 0 aliphatic rings. The molecule has 1 aromatic carbocycles. The molecule has 1 aromatic rings. The molecule has 0 fully saturated rings. The summed E-state index contributed by atoms with van der Waals surface area (Å²) >= 11 is 0. The Hall–Kier alpha value is -2.51. The topological polar surface area (TPSA) is 95.5 Å². The predicted molar refractivity (Wildman–Crippen MR) is 73.2 cm³/mol. The summed E-state index contributed by atoms with van der Waals surface area (Å²) in [5.74, 6) is -4.06. The summed E-state index contributed by atoms with van der Waals surface area (Å²) in [4.78, 5) is 33.5. The molecule has 0 aliphatic carbocycles. The molecule has 0 saturated heterocycles. The molecule has 2 amide bonds. The summed E-state index contributed by atoms with van der Waals surface area (Å²) < 4.78 is 26.0. The fourth-order valence-corrected chi connectivity index (χ4v) is 1.60. The zero-order valence-electron chi connectivity index (χ0n) is 11.9. The number of halogens is 2. The Morgan fingerprint density at radius 3 is 2.55 bits per heavy atom. The van der Waals surface area contributed by atoms with E-state index in [1.807, 2.05) is 0 Å². The number of benzene rings is 1. The van der Waals surface area contributed by atoms with Gasteiger partial charge in [0.1, 0.15) is 17.7 Å². The Morgan fingerprint density at radius 2 is 1.95 bits per heavy atom. The maximum atomic E-state index is 13.3. The van der Waals surface area contributed by atoms with Crippen LogP contribution in [-0.4, -0.2) is 35.5 Å². The van der Waals surface area contributed by atoms with Crippen LogP contribution in [-0.2, 0) is 9.59 Å². The van der Waals surface area contributed by atoms with Crippen molar-refractivity contribution in [3.8, 4) is 0 Å². The molecule has 0 unspecified atom stereocenters. The highest BCUT2D eigenvalue weighted by Gasteiger charge is 2.14.